The monoisotopic (exact) mass is 321 g/mol. The zero-order valence-corrected chi connectivity index (χ0v) is 14.4. The number of carbonyl (C=O) groups is 1. The van der Waals surface area contributed by atoms with Crippen molar-refractivity contribution < 1.29 is 4.79 Å². The third-order valence-electron chi connectivity index (χ3n) is 5.31. The highest BCUT2D eigenvalue weighted by molar-refractivity contribution is 7.09. The van der Waals surface area contributed by atoms with Crippen molar-refractivity contribution >= 4 is 17.2 Å². The molecule has 0 radical (unpaired) electrons. The number of likely N-dealkylation sites (tertiary alicyclic amines) is 2. The molecule has 1 aromatic heterocycles. The molecule has 0 aliphatic carbocycles. The van der Waals surface area contributed by atoms with Crippen molar-refractivity contribution in [3.63, 3.8) is 0 Å². The molecule has 3 heterocycles. The molecule has 1 amide bonds. The molecule has 1 atom stereocenters. The Balaban J connectivity index is 1.68. The highest BCUT2D eigenvalue weighted by atomic mass is 32.1. The lowest BCUT2D eigenvalue weighted by Gasteiger charge is -2.38. The lowest BCUT2D eigenvalue weighted by atomic mass is 9.87. The van der Waals surface area contributed by atoms with E-state index in [0.29, 0.717) is 5.91 Å². The fraction of sp³-hybridized carbons (Fsp3) is 0.765. The summed E-state index contributed by atoms with van der Waals surface area (Å²) in [6.07, 6.45) is 9.76. The summed E-state index contributed by atoms with van der Waals surface area (Å²) in [6, 6.07) is 0. The van der Waals surface area contributed by atoms with Gasteiger partial charge in [-0.25, -0.2) is 0 Å². The fourth-order valence-electron chi connectivity index (χ4n) is 3.97. The third-order valence-corrected chi connectivity index (χ3v) is 6.08. The van der Waals surface area contributed by atoms with Crippen LogP contribution in [0.1, 0.15) is 56.7 Å². The standard InChI is InChI=1S/C17H27N3OS/c1-2-3-9-19-10-4-6-17(8-11-19)7-5-16(21)20(17)13-15-12-18-14-22-15/h12,14H,2-11,13H2,1H3. The summed E-state index contributed by atoms with van der Waals surface area (Å²) in [5.74, 6) is 0.343. The minimum Gasteiger partial charge on any atom is -0.332 e. The summed E-state index contributed by atoms with van der Waals surface area (Å²) in [4.78, 5) is 22.6. The van der Waals surface area contributed by atoms with E-state index in [1.54, 1.807) is 11.3 Å². The summed E-state index contributed by atoms with van der Waals surface area (Å²) in [5.41, 5.74) is 1.98. The maximum absolute atomic E-state index is 12.4. The van der Waals surface area contributed by atoms with E-state index in [1.165, 1.54) is 43.6 Å². The number of unbranched alkanes of at least 4 members (excludes halogenated alkanes) is 1. The van der Waals surface area contributed by atoms with E-state index in [4.69, 9.17) is 0 Å². The molecule has 4 nitrogen and oxygen atoms in total. The van der Waals surface area contributed by atoms with E-state index in [0.717, 1.165) is 32.4 Å². The number of rotatable bonds is 5. The van der Waals surface area contributed by atoms with Crippen LogP contribution in [0.4, 0.5) is 0 Å². The van der Waals surface area contributed by atoms with Gasteiger partial charge in [-0.15, -0.1) is 11.3 Å². The van der Waals surface area contributed by atoms with Crippen LogP contribution in [0.25, 0.3) is 0 Å². The Bertz CT molecular complexity index is 490. The van der Waals surface area contributed by atoms with Crippen LogP contribution >= 0.6 is 11.3 Å². The van der Waals surface area contributed by atoms with E-state index in [9.17, 15) is 4.79 Å². The van der Waals surface area contributed by atoms with E-state index < -0.39 is 0 Å². The van der Waals surface area contributed by atoms with Gasteiger partial charge in [0.1, 0.15) is 0 Å². The Morgan fingerprint density at radius 2 is 2.23 bits per heavy atom. The van der Waals surface area contributed by atoms with Crippen molar-refractivity contribution in [3.05, 3.63) is 16.6 Å². The number of hydrogen-bond donors (Lipinski definition) is 0. The predicted octanol–water partition coefficient (Wildman–Crippen LogP) is 3.29. The van der Waals surface area contributed by atoms with Crippen molar-refractivity contribution in [3.8, 4) is 0 Å². The first-order chi connectivity index (χ1) is 10.7. The molecule has 3 rings (SSSR count). The second-order valence-electron chi connectivity index (χ2n) is 6.72. The minimum absolute atomic E-state index is 0.113. The summed E-state index contributed by atoms with van der Waals surface area (Å²) >= 11 is 1.66. The quantitative estimate of drug-likeness (QED) is 0.835. The number of nitrogens with zero attached hydrogens (tertiary/aromatic N) is 3. The molecule has 1 unspecified atom stereocenters. The number of carbonyl (C=O) groups excluding carboxylic acids is 1. The Hall–Kier alpha value is -0.940. The van der Waals surface area contributed by atoms with Gasteiger partial charge in [-0.3, -0.25) is 9.78 Å². The fourth-order valence-corrected chi connectivity index (χ4v) is 4.55. The number of thiazole rings is 1. The number of amides is 1. The van der Waals surface area contributed by atoms with Crippen LogP contribution in [0.3, 0.4) is 0 Å². The Morgan fingerprint density at radius 1 is 1.32 bits per heavy atom. The van der Waals surface area contributed by atoms with E-state index in [2.05, 4.69) is 21.7 Å². The van der Waals surface area contributed by atoms with Gasteiger partial charge in [-0.1, -0.05) is 13.3 Å². The first kappa shape index (κ1) is 15.9. The Morgan fingerprint density at radius 3 is 3.00 bits per heavy atom. The normalized spacial score (nSPS) is 26.8. The second kappa shape index (κ2) is 7.09. The molecule has 2 fully saturated rings. The summed E-state index contributed by atoms with van der Waals surface area (Å²) in [6.45, 7) is 6.58. The van der Waals surface area contributed by atoms with Crippen LogP contribution in [-0.2, 0) is 11.3 Å². The molecule has 0 saturated carbocycles. The molecule has 122 valence electrons. The number of hydrogen-bond acceptors (Lipinski definition) is 4. The van der Waals surface area contributed by atoms with Gasteiger partial charge < -0.3 is 9.80 Å². The average Bonchev–Trinajstić information content (AvgIpc) is 3.07. The van der Waals surface area contributed by atoms with Crippen molar-refractivity contribution in [2.75, 3.05) is 19.6 Å². The van der Waals surface area contributed by atoms with Gasteiger partial charge in [0.15, 0.2) is 0 Å². The summed E-state index contributed by atoms with van der Waals surface area (Å²) in [5, 5.41) is 0. The van der Waals surface area contributed by atoms with Crippen molar-refractivity contribution in [2.45, 2.75) is 64.0 Å². The van der Waals surface area contributed by atoms with Crippen LogP contribution in [0, 0.1) is 0 Å². The Labute approximate surface area is 137 Å². The molecule has 22 heavy (non-hydrogen) atoms. The Kier molecular flexibility index (Phi) is 5.14. The molecule has 0 bridgehead atoms. The minimum atomic E-state index is 0.113. The largest absolute Gasteiger partial charge is 0.332 e. The van der Waals surface area contributed by atoms with Crippen molar-refractivity contribution in [2.24, 2.45) is 0 Å². The first-order valence-electron chi connectivity index (χ1n) is 8.64. The SMILES string of the molecule is CCCCN1CCCC2(CCC(=O)N2Cc2cncs2)CC1. The maximum atomic E-state index is 12.4. The molecular formula is C17H27N3OS. The van der Waals surface area contributed by atoms with Crippen molar-refractivity contribution in [1.82, 2.24) is 14.8 Å². The van der Waals surface area contributed by atoms with E-state index >= 15 is 0 Å². The lowest BCUT2D eigenvalue weighted by Crippen LogP contribution is -2.45. The van der Waals surface area contributed by atoms with Gasteiger partial charge >= 0.3 is 0 Å². The zero-order valence-electron chi connectivity index (χ0n) is 13.6. The molecule has 0 aromatic carbocycles. The third kappa shape index (κ3) is 3.35. The highest BCUT2D eigenvalue weighted by Gasteiger charge is 2.45. The van der Waals surface area contributed by atoms with Gasteiger partial charge in [-0.2, -0.15) is 0 Å². The lowest BCUT2D eigenvalue weighted by molar-refractivity contribution is -0.132. The van der Waals surface area contributed by atoms with E-state index in [1.807, 2.05) is 11.7 Å². The molecule has 2 aliphatic rings. The van der Waals surface area contributed by atoms with Crippen LogP contribution in [0.15, 0.2) is 11.7 Å². The molecule has 1 spiro atoms. The average molecular weight is 321 g/mol. The molecule has 5 heteroatoms. The molecule has 2 aliphatic heterocycles. The van der Waals surface area contributed by atoms with Crippen LogP contribution in [-0.4, -0.2) is 45.9 Å². The van der Waals surface area contributed by atoms with E-state index in [-0.39, 0.29) is 5.54 Å². The highest BCUT2D eigenvalue weighted by Crippen LogP contribution is 2.40. The predicted molar refractivity (Wildman–Crippen MR) is 89.8 cm³/mol. The van der Waals surface area contributed by atoms with Crippen LogP contribution in [0.5, 0.6) is 0 Å². The molecule has 2 saturated heterocycles. The van der Waals surface area contributed by atoms with Gasteiger partial charge in [0, 0.05) is 29.6 Å². The summed E-state index contributed by atoms with van der Waals surface area (Å²) < 4.78 is 0. The zero-order chi connectivity index (χ0) is 15.4. The molecule has 0 N–H and O–H groups in total. The van der Waals surface area contributed by atoms with Gasteiger partial charge in [0.2, 0.25) is 5.91 Å². The number of aromatic nitrogens is 1. The van der Waals surface area contributed by atoms with Gasteiger partial charge in [-0.05, 0) is 45.2 Å². The second-order valence-corrected chi connectivity index (χ2v) is 7.69. The van der Waals surface area contributed by atoms with Crippen LogP contribution < -0.4 is 0 Å². The summed E-state index contributed by atoms with van der Waals surface area (Å²) in [7, 11) is 0. The van der Waals surface area contributed by atoms with Crippen molar-refractivity contribution in [1.29, 1.82) is 0 Å². The molecular weight excluding hydrogens is 294 g/mol. The first-order valence-corrected chi connectivity index (χ1v) is 9.52. The topological polar surface area (TPSA) is 36.4 Å². The maximum Gasteiger partial charge on any atom is 0.223 e. The van der Waals surface area contributed by atoms with Gasteiger partial charge in [0.05, 0.1) is 12.1 Å². The van der Waals surface area contributed by atoms with Crippen LogP contribution in [0.2, 0.25) is 0 Å². The van der Waals surface area contributed by atoms with Gasteiger partial charge in [0.25, 0.3) is 0 Å². The molecule has 1 aromatic rings. The smallest absolute Gasteiger partial charge is 0.223 e.